The lowest BCUT2D eigenvalue weighted by atomic mass is 10.1. The van der Waals surface area contributed by atoms with E-state index in [1.807, 2.05) is 0 Å². The first-order chi connectivity index (χ1) is 11.9. The summed E-state index contributed by atoms with van der Waals surface area (Å²) in [5.74, 6) is -1.71. The van der Waals surface area contributed by atoms with E-state index in [1.54, 1.807) is 24.3 Å². The lowest BCUT2D eigenvalue weighted by molar-refractivity contribution is -0.122. The van der Waals surface area contributed by atoms with Gasteiger partial charge in [-0.2, -0.15) is 0 Å². The number of nitrogens with zero attached hydrogens (tertiary/aromatic N) is 1. The third-order valence-electron chi connectivity index (χ3n) is 3.50. The molecular weight excluding hydrogens is 364 g/mol. The molecule has 1 fully saturated rings. The highest BCUT2D eigenvalue weighted by Crippen LogP contribution is 2.27. The molecule has 25 heavy (non-hydrogen) atoms. The van der Waals surface area contributed by atoms with Gasteiger partial charge in [0.15, 0.2) is 5.11 Å². The largest absolute Gasteiger partial charge is 0.508 e. The van der Waals surface area contributed by atoms with Crippen LogP contribution in [0, 0.1) is 0 Å². The first kappa shape index (κ1) is 16.9. The van der Waals surface area contributed by atoms with E-state index in [2.05, 4.69) is 5.32 Å². The smallest absolute Gasteiger partial charge is 0.270 e. The summed E-state index contributed by atoms with van der Waals surface area (Å²) in [5.41, 5.74) is 0.449. The summed E-state index contributed by atoms with van der Waals surface area (Å²) in [7, 11) is 0. The zero-order valence-corrected chi connectivity index (χ0v) is 14.1. The first-order valence-corrected chi connectivity index (χ1v) is 7.84. The lowest BCUT2D eigenvalue weighted by Crippen LogP contribution is -2.54. The molecule has 0 aromatic heterocycles. The van der Waals surface area contributed by atoms with Gasteiger partial charge in [0.1, 0.15) is 17.1 Å². The van der Waals surface area contributed by atoms with Crippen molar-refractivity contribution in [3.63, 3.8) is 0 Å². The molecule has 3 rings (SSSR count). The number of carbonyl (C=O) groups excluding carboxylic acids is 2. The van der Waals surface area contributed by atoms with Crippen molar-refractivity contribution in [1.82, 2.24) is 5.32 Å². The number of halogens is 1. The number of phenolic OH excluding ortho intramolecular Hbond substituents is 2. The van der Waals surface area contributed by atoms with Crippen molar-refractivity contribution in [3.8, 4) is 11.5 Å². The molecule has 0 bridgehead atoms. The van der Waals surface area contributed by atoms with Crippen LogP contribution in [0.5, 0.6) is 11.5 Å². The van der Waals surface area contributed by atoms with Gasteiger partial charge in [-0.25, -0.2) is 0 Å². The van der Waals surface area contributed by atoms with Crippen molar-refractivity contribution in [2.45, 2.75) is 0 Å². The van der Waals surface area contributed by atoms with Gasteiger partial charge in [0, 0.05) is 16.7 Å². The molecule has 0 saturated carbocycles. The molecule has 6 nitrogen and oxygen atoms in total. The molecule has 1 heterocycles. The van der Waals surface area contributed by atoms with Crippen LogP contribution in [-0.2, 0) is 9.59 Å². The number of hydrogen-bond donors (Lipinski definition) is 3. The fourth-order valence-electron chi connectivity index (χ4n) is 2.29. The zero-order chi connectivity index (χ0) is 18.1. The summed E-state index contributed by atoms with van der Waals surface area (Å²) in [6, 6.07) is 10.2. The molecule has 1 saturated heterocycles. The summed E-state index contributed by atoms with van der Waals surface area (Å²) in [5, 5.41) is 22.1. The highest BCUT2D eigenvalue weighted by molar-refractivity contribution is 7.80. The summed E-state index contributed by atoms with van der Waals surface area (Å²) >= 11 is 10.9. The van der Waals surface area contributed by atoms with Crippen LogP contribution < -0.4 is 10.2 Å². The van der Waals surface area contributed by atoms with Gasteiger partial charge in [-0.1, -0.05) is 11.6 Å². The van der Waals surface area contributed by atoms with Crippen molar-refractivity contribution in [1.29, 1.82) is 0 Å². The highest BCUT2D eigenvalue weighted by atomic mass is 35.5. The number of anilines is 1. The predicted octanol–water partition coefficient (Wildman–Crippen LogP) is 2.58. The van der Waals surface area contributed by atoms with E-state index >= 15 is 0 Å². The molecule has 0 radical (unpaired) electrons. The molecule has 8 heteroatoms. The Morgan fingerprint density at radius 1 is 1.08 bits per heavy atom. The number of nitrogens with one attached hydrogen (secondary N) is 1. The third-order valence-corrected chi connectivity index (χ3v) is 4.04. The van der Waals surface area contributed by atoms with E-state index in [4.69, 9.17) is 23.8 Å². The maximum atomic E-state index is 12.8. The molecule has 1 aliphatic heterocycles. The molecule has 2 aromatic carbocycles. The van der Waals surface area contributed by atoms with Crippen LogP contribution in [0.1, 0.15) is 5.56 Å². The second-order valence-electron chi connectivity index (χ2n) is 5.18. The van der Waals surface area contributed by atoms with E-state index in [0.29, 0.717) is 10.7 Å². The molecule has 0 unspecified atom stereocenters. The number of phenols is 2. The van der Waals surface area contributed by atoms with Crippen molar-refractivity contribution >= 4 is 52.5 Å². The SMILES string of the molecule is O=C1NC(=S)N(c2ccc(Cl)cc2)C(=O)/C1=C\c1ccc(O)cc1O. The van der Waals surface area contributed by atoms with E-state index in [1.165, 1.54) is 18.2 Å². The van der Waals surface area contributed by atoms with Crippen LogP contribution in [0.3, 0.4) is 0 Å². The lowest BCUT2D eigenvalue weighted by Gasteiger charge is -2.29. The van der Waals surface area contributed by atoms with Gasteiger partial charge >= 0.3 is 0 Å². The van der Waals surface area contributed by atoms with Crippen LogP contribution in [0.15, 0.2) is 48.0 Å². The standard InChI is InChI=1S/C17H11ClN2O4S/c18-10-2-4-11(5-3-10)20-16(24)13(15(23)19-17(20)25)7-9-1-6-12(21)8-14(9)22/h1-8,21-22H,(H,19,23,25)/b13-7-. The number of carbonyl (C=O) groups is 2. The highest BCUT2D eigenvalue weighted by Gasteiger charge is 2.34. The number of thiocarbonyl (C=S) groups is 1. The van der Waals surface area contributed by atoms with Crippen LogP contribution in [0.4, 0.5) is 5.69 Å². The monoisotopic (exact) mass is 374 g/mol. The normalized spacial score (nSPS) is 16.3. The van der Waals surface area contributed by atoms with Crippen LogP contribution in [0.25, 0.3) is 6.08 Å². The van der Waals surface area contributed by atoms with Crippen molar-refractivity contribution in [2.75, 3.05) is 4.90 Å². The second-order valence-corrected chi connectivity index (χ2v) is 6.00. The molecule has 2 aromatic rings. The van der Waals surface area contributed by atoms with E-state index in [0.717, 1.165) is 11.0 Å². The Balaban J connectivity index is 2.03. The minimum Gasteiger partial charge on any atom is -0.508 e. The zero-order valence-electron chi connectivity index (χ0n) is 12.6. The topological polar surface area (TPSA) is 89.9 Å². The minimum atomic E-state index is -0.673. The fraction of sp³-hybridized carbons (Fsp3) is 0. The van der Waals surface area contributed by atoms with Gasteiger partial charge in [0.25, 0.3) is 11.8 Å². The van der Waals surface area contributed by atoms with Gasteiger partial charge in [-0.05, 0) is 54.7 Å². The minimum absolute atomic E-state index is 0.0515. The van der Waals surface area contributed by atoms with Crippen molar-refractivity contribution in [2.24, 2.45) is 0 Å². The second kappa shape index (κ2) is 6.54. The summed E-state index contributed by atoms with van der Waals surface area (Å²) < 4.78 is 0. The number of aromatic hydroxyl groups is 2. The van der Waals surface area contributed by atoms with E-state index in [-0.39, 0.29) is 27.7 Å². The molecular formula is C17H11ClN2O4S. The molecule has 0 atom stereocenters. The van der Waals surface area contributed by atoms with Crippen LogP contribution >= 0.6 is 23.8 Å². The number of amides is 2. The number of rotatable bonds is 2. The van der Waals surface area contributed by atoms with E-state index < -0.39 is 11.8 Å². The average molecular weight is 375 g/mol. The van der Waals surface area contributed by atoms with Gasteiger partial charge < -0.3 is 10.2 Å². The Morgan fingerprint density at radius 3 is 2.40 bits per heavy atom. The van der Waals surface area contributed by atoms with Crippen molar-refractivity contribution < 1.29 is 19.8 Å². The van der Waals surface area contributed by atoms with Gasteiger partial charge in [0.2, 0.25) is 0 Å². The summed E-state index contributed by atoms with van der Waals surface area (Å²) in [6.07, 6.45) is 1.23. The Bertz CT molecular complexity index is 925. The van der Waals surface area contributed by atoms with Crippen LogP contribution in [0.2, 0.25) is 5.02 Å². The number of benzene rings is 2. The molecule has 0 aliphatic carbocycles. The summed E-state index contributed by atoms with van der Waals surface area (Å²) in [6.45, 7) is 0. The third kappa shape index (κ3) is 3.33. The average Bonchev–Trinajstić information content (AvgIpc) is 2.55. The molecule has 1 aliphatic rings. The molecule has 2 amide bonds. The molecule has 0 spiro atoms. The number of hydrogen-bond acceptors (Lipinski definition) is 5. The van der Waals surface area contributed by atoms with Crippen molar-refractivity contribution in [3.05, 3.63) is 58.6 Å². The Kier molecular flexibility index (Phi) is 4.43. The van der Waals surface area contributed by atoms with Gasteiger partial charge in [-0.15, -0.1) is 0 Å². The maximum Gasteiger partial charge on any atom is 0.270 e. The van der Waals surface area contributed by atoms with Gasteiger partial charge in [-0.3, -0.25) is 19.8 Å². The molecule has 126 valence electrons. The van der Waals surface area contributed by atoms with Gasteiger partial charge in [0.05, 0.1) is 5.69 Å². The Morgan fingerprint density at radius 2 is 1.76 bits per heavy atom. The Hall–Kier alpha value is -2.90. The van der Waals surface area contributed by atoms with E-state index in [9.17, 15) is 19.8 Å². The maximum absolute atomic E-state index is 12.8. The Labute approximate surface area is 153 Å². The summed E-state index contributed by atoms with van der Waals surface area (Å²) in [4.78, 5) is 26.1. The molecule has 3 N–H and O–H groups in total. The first-order valence-electron chi connectivity index (χ1n) is 7.06. The fourth-order valence-corrected chi connectivity index (χ4v) is 2.70. The predicted molar refractivity (Wildman–Crippen MR) is 97.4 cm³/mol. The quantitative estimate of drug-likeness (QED) is 0.427. The van der Waals surface area contributed by atoms with Crippen LogP contribution in [-0.4, -0.2) is 27.1 Å².